The fourth-order valence-electron chi connectivity index (χ4n) is 0.747. The quantitative estimate of drug-likeness (QED) is 0.468. The maximum Gasteiger partial charge on any atom is 0.303 e. The van der Waals surface area contributed by atoms with E-state index in [2.05, 4.69) is 10.0 Å². The fourth-order valence-corrected chi connectivity index (χ4v) is 1.22. The molecule has 7 nitrogen and oxygen atoms in total. The van der Waals surface area contributed by atoms with Crippen molar-refractivity contribution in [1.29, 1.82) is 0 Å². The van der Waals surface area contributed by atoms with Gasteiger partial charge in [0.15, 0.2) is 0 Å². The van der Waals surface area contributed by atoms with Gasteiger partial charge in [0.1, 0.15) is 0 Å². The Labute approximate surface area is 87.9 Å². The lowest BCUT2D eigenvalue weighted by Crippen LogP contribution is -2.34. The van der Waals surface area contributed by atoms with E-state index < -0.39 is 21.9 Å². The van der Waals surface area contributed by atoms with Crippen molar-refractivity contribution >= 4 is 21.9 Å². The summed E-state index contributed by atoms with van der Waals surface area (Å²) in [6.45, 7) is 0.239. The molecule has 0 rings (SSSR count). The van der Waals surface area contributed by atoms with Gasteiger partial charge in [-0.05, 0) is 0 Å². The van der Waals surface area contributed by atoms with Crippen molar-refractivity contribution in [2.24, 2.45) is 0 Å². The summed E-state index contributed by atoms with van der Waals surface area (Å²) in [5, 5.41) is 10.7. The molecule has 0 aliphatic heterocycles. The van der Waals surface area contributed by atoms with Crippen LogP contribution >= 0.6 is 0 Å². The van der Waals surface area contributed by atoms with E-state index >= 15 is 0 Å². The predicted octanol–water partition coefficient (Wildman–Crippen LogP) is -1.48. The van der Waals surface area contributed by atoms with E-state index in [1.807, 2.05) is 0 Å². The van der Waals surface area contributed by atoms with Gasteiger partial charge in [0, 0.05) is 19.5 Å². The summed E-state index contributed by atoms with van der Waals surface area (Å²) in [6.07, 6.45) is 0.679. The summed E-state index contributed by atoms with van der Waals surface area (Å²) < 4.78 is 23.4. The summed E-state index contributed by atoms with van der Waals surface area (Å²) in [5.74, 6) is -1.45. The molecule has 0 bridgehead atoms. The third kappa shape index (κ3) is 10.8. The van der Waals surface area contributed by atoms with Crippen LogP contribution in [0.25, 0.3) is 0 Å². The predicted molar refractivity (Wildman–Crippen MR) is 52.7 cm³/mol. The molecule has 0 spiro atoms. The van der Waals surface area contributed by atoms with E-state index in [1.54, 1.807) is 0 Å². The van der Waals surface area contributed by atoms with Crippen LogP contribution in [0.1, 0.15) is 12.8 Å². The summed E-state index contributed by atoms with van der Waals surface area (Å²) in [5.41, 5.74) is 0. The topological polar surface area (TPSA) is 113 Å². The highest BCUT2D eigenvalue weighted by molar-refractivity contribution is 7.88. The zero-order valence-corrected chi connectivity index (χ0v) is 9.13. The zero-order valence-electron chi connectivity index (χ0n) is 8.32. The SMILES string of the molecule is CS(=O)(=O)NCCNC(=O)CCC(=O)O. The molecular formula is C7H14N2O5S. The van der Waals surface area contributed by atoms with E-state index in [0.717, 1.165) is 6.26 Å². The van der Waals surface area contributed by atoms with Crippen LogP contribution in [0.4, 0.5) is 0 Å². The second-order valence-electron chi connectivity index (χ2n) is 2.91. The molecular weight excluding hydrogens is 224 g/mol. The Bertz CT molecular complexity index is 324. The molecule has 0 heterocycles. The third-order valence-electron chi connectivity index (χ3n) is 1.38. The van der Waals surface area contributed by atoms with Crippen LogP contribution in [0.3, 0.4) is 0 Å². The Hall–Kier alpha value is -1.15. The molecule has 0 fully saturated rings. The standard InChI is InChI=1S/C7H14N2O5S/c1-15(13,14)9-5-4-8-6(10)2-3-7(11)12/h9H,2-5H2,1H3,(H,8,10)(H,11,12). The number of rotatable bonds is 7. The molecule has 0 aromatic heterocycles. The minimum Gasteiger partial charge on any atom is -0.481 e. The average molecular weight is 238 g/mol. The first-order valence-electron chi connectivity index (χ1n) is 4.24. The smallest absolute Gasteiger partial charge is 0.303 e. The monoisotopic (exact) mass is 238 g/mol. The molecule has 88 valence electrons. The molecule has 0 radical (unpaired) electrons. The molecule has 0 saturated carbocycles. The number of carbonyl (C=O) groups excluding carboxylic acids is 1. The van der Waals surface area contributed by atoms with Crippen molar-refractivity contribution in [3.63, 3.8) is 0 Å². The summed E-state index contributed by atoms with van der Waals surface area (Å²) >= 11 is 0. The lowest BCUT2D eigenvalue weighted by Gasteiger charge is -2.04. The molecule has 1 amide bonds. The maximum atomic E-state index is 10.9. The minimum absolute atomic E-state index is 0.0949. The Morgan fingerprint density at radius 3 is 2.27 bits per heavy atom. The van der Waals surface area contributed by atoms with Crippen molar-refractivity contribution < 1.29 is 23.1 Å². The molecule has 0 atom stereocenters. The van der Waals surface area contributed by atoms with Crippen LogP contribution in [0.15, 0.2) is 0 Å². The highest BCUT2D eigenvalue weighted by Gasteiger charge is 2.05. The van der Waals surface area contributed by atoms with Gasteiger partial charge in [0.25, 0.3) is 0 Å². The number of hydrogen-bond acceptors (Lipinski definition) is 4. The number of carboxylic acids is 1. The lowest BCUT2D eigenvalue weighted by atomic mass is 10.3. The highest BCUT2D eigenvalue weighted by atomic mass is 32.2. The molecule has 0 aliphatic rings. The van der Waals surface area contributed by atoms with Gasteiger partial charge in [-0.2, -0.15) is 0 Å². The Morgan fingerprint density at radius 2 is 1.80 bits per heavy atom. The maximum absolute atomic E-state index is 10.9. The first-order valence-corrected chi connectivity index (χ1v) is 6.13. The summed E-state index contributed by atoms with van der Waals surface area (Å²) in [4.78, 5) is 21.0. The number of aliphatic carboxylic acids is 1. The molecule has 0 aliphatic carbocycles. The van der Waals surface area contributed by atoms with Gasteiger partial charge < -0.3 is 10.4 Å². The Kier molecular flexibility index (Phi) is 5.87. The van der Waals surface area contributed by atoms with Crippen LogP contribution in [-0.4, -0.2) is 44.7 Å². The second kappa shape index (κ2) is 6.36. The Morgan fingerprint density at radius 1 is 1.20 bits per heavy atom. The van der Waals surface area contributed by atoms with Crippen LogP contribution in [0.5, 0.6) is 0 Å². The fraction of sp³-hybridized carbons (Fsp3) is 0.714. The summed E-state index contributed by atoms with van der Waals surface area (Å²) in [7, 11) is -3.24. The van der Waals surface area contributed by atoms with Crippen LogP contribution in [-0.2, 0) is 19.6 Å². The van der Waals surface area contributed by atoms with E-state index in [9.17, 15) is 18.0 Å². The number of amides is 1. The first-order chi connectivity index (χ1) is 6.81. The largest absolute Gasteiger partial charge is 0.481 e. The van der Waals surface area contributed by atoms with Gasteiger partial charge in [0.2, 0.25) is 15.9 Å². The van der Waals surface area contributed by atoms with Crippen molar-refractivity contribution in [2.75, 3.05) is 19.3 Å². The highest BCUT2D eigenvalue weighted by Crippen LogP contribution is 1.87. The van der Waals surface area contributed by atoms with Crippen LogP contribution in [0, 0.1) is 0 Å². The van der Waals surface area contributed by atoms with Gasteiger partial charge in [-0.15, -0.1) is 0 Å². The Balaban J connectivity index is 3.52. The van der Waals surface area contributed by atoms with Gasteiger partial charge >= 0.3 is 5.97 Å². The minimum atomic E-state index is -3.24. The van der Waals surface area contributed by atoms with E-state index in [-0.39, 0.29) is 25.9 Å². The van der Waals surface area contributed by atoms with E-state index in [4.69, 9.17) is 5.11 Å². The van der Waals surface area contributed by atoms with Crippen molar-refractivity contribution in [1.82, 2.24) is 10.0 Å². The second-order valence-corrected chi connectivity index (χ2v) is 4.74. The van der Waals surface area contributed by atoms with E-state index in [1.165, 1.54) is 0 Å². The van der Waals surface area contributed by atoms with Crippen LogP contribution < -0.4 is 10.0 Å². The molecule has 0 unspecified atom stereocenters. The van der Waals surface area contributed by atoms with Gasteiger partial charge in [0.05, 0.1) is 12.7 Å². The van der Waals surface area contributed by atoms with E-state index in [0.29, 0.717) is 0 Å². The number of carboxylic acid groups (broad SMARTS) is 1. The number of carbonyl (C=O) groups is 2. The molecule has 15 heavy (non-hydrogen) atoms. The first kappa shape index (κ1) is 13.8. The van der Waals surface area contributed by atoms with Gasteiger partial charge in [-0.1, -0.05) is 0 Å². The summed E-state index contributed by atoms with van der Waals surface area (Å²) in [6, 6.07) is 0. The molecule has 0 aromatic carbocycles. The van der Waals surface area contributed by atoms with Crippen molar-refractivity contribution in [3.8, 4) is 0 Å². The molecule has 0 aromatic rings. The van der Waals surface area contributed by atoms with Crippen molar-refractivity contribution in [2.45, 2.75) is 12.8 Å². The third-order valence-corrected chi connectivity index (χ3v) is 2.11. The van der Waals surface area contributed by atoms with Crippen molar-refractivity contribution in [3.05, 3.63) is 0 Å². The number of hydrogen-bond donors (Lipinski definition) is 3. The average Bonchev–Trinajstić information content (AvgIpc) is 2.07. The zero-order chi connectivity index (χ0) is 11.9. The number of nitrogens with one attached hydrogen (secondary N) is 2. The van der Waals surface area contributed by atoms with Gasteiger partial charge in [-0.25, -0.2) is 13.1 Å². The molecule has 8 heteroatoms. The molecule has 3 N–H and O–H groups in total. The molecule has 0 saturated heterocycles. The normalized spacial score (nSPS) is 11.0. The van der Waals surface area contributed by atoms with Crippen LogP contribution in [0.2, 0.25) is 0 Å². The lowest BCUT2D eigenvalue weighted by molar-refractivity contribution is -0.138. The number of sulfonamides is 1. The van der Waals surface area contributed by atoms with Gasteiger partial charge in [-0.3, -0.25) is 9.59 Å².